The number of allylic oxidation sites excluding steroid dienone is 9. The normalized spacial score (nSPS) is 31.9. The van der Waals surface area contributed by atoms with E-state index in [0.717, 1.165) is 57.8 Å². The summed E-state index contributed by atoms with van der Waals surface area (Å²) in [7, 11) is 0. The van der Waals surface area contributed by atoms with Crippen LogP contribution in [-0.4, -0.2) is 193 Å². The molecule has 0 aromatic rings. The molecule has 0 radical (unpaired) electrons. The van der Waals surface area contributed by atoms with Crippen LogP contribution in [0.1, 0.15) is 149 Å². The first-order valence-corrected chi connectivity index (χ1v) is 27.5. The van der Waals surface area contributed by atoms with Gasteiger partial charge in [0.2, 0.25) is 5.91 Å². The summed E-state index contributed by atoms with van der Waals surface area (Å²) in [6.07, 6.45) is 15.1. The summed E-state index contributed by atoms with van der Waals surface area (Å²) in [6, 6.07) is -1.01. The molecule has 19 heteroatoms. The van der Waals surface area contributed by atoms with Crippen LogP contribution in [0.4, 0.5) is 0 Å². The predicted molar refractivity (Wildman–Crippen MR) is 277 cm³/mol. The van der Waals surface area contributed by atoms with Crippen LogP contribution < -0.4 is 5.32 Å². The molecule has 3 rings (SSSR count). The highest BCUT2D eigenvalue weighted by Gasteiger charge is 2.53. The molecule has 428 valence electrons. The highest BCUT2D eigenvalue weighted by Crippen LogP contribution is 2.33. The third-order valence-corrected chi connectivity index (χ3v) is 13.5. The summed E-state index contributed by atoms with van der Waals surface area (Å²) in [5, 5.41) is 120. The van der Waals surface area contributed by atoms with Gasteiger partial charge in [-0.05, 0) is 64.2 Å². The van der Waals surface area contributed by atoms with Crippen LogP contribution in [0, 0.1) is 0 Å². The Balaban J connectivity index is 1.56. The molecular formula is C55H95NO18. The number of nitrogens with one attached hydrogen (secondary N) is 1. The zero-order chi connectivity index (χ0) is 54.1. The Bertz CT molecular complexity index is 1590. The largest absolute Gasteiger partial charge is 0.394 e. The van der Waals surface area contributed by atoms with Gasteiger partial charge in [0.15, 0.2) is 18.9 Å². The van der Waals surface area contributed by atoms with E-state index in [2.05, 4.69) is 67.8 Å². The molecule has 0 aliphatic carbocycles. The Morgan fingerprint density at radius 1 is 0.500 bits per heavy atom. The SMILES string of the molecule is CC/C=C\C/C=C\C/C=C\CCCCCC(=O)NC(COC1OC(CO)C(OC2OC(CO)C(OC3OC(CO)C(O)C(O)C3O)C(O)C2O)C(O)C1O)C(O)/C=C/CC/C=C/CCCCCCCCCCCC. The van der Waals surface area contributed by atoms with Gasteiger partial charge in [-0.15, -0.1) is 0 Å². The molecule has 0 aromatic carbocycles. The molecule has 3 aliphatic rings. The van der Waals surface area contributed by atoms with Gasteiger partial charge in [-0.25, -0.2) is 0 Å². The van der Waals surface area contributed by atoms with Crippen molar-refractivity contribution < 1.29 is 89.4 Å². The van der Waals surface area contributed by atoms with Gasteiger partial charge in [-0.1, -0.05) is 139 Å². The number of ether oxygens (including phenoxy) is 6. The lowest BCUT2D eigenvalue weighted by Gasteiger charge is -2.48. The van der Waals surface area contributed by atoms with Gasteiger partial charge in [0, 0.05) is 6.42 Å². The van der Waals surface area contributed by atoms with Crippen molar-refractivity contribution in [2.75, 3.05) is 26.4 Å². The quantitative estimate of drug-likeness (QED) is 0.0312. The van der Waals surface area contributed by atoms with Gasteiger partial charge in [0.05, 0.1) is 38.6 Å². The standard InChI is InChI=1S/C55H95NO18/c1-3-5-7-9-11-13-15-17-18-19-21-22-24-26-28-30-32-39(60)38(56-43(61)33-31-29-27-25-23-20-16-14-12-10-8-6-4-2)37-69-53-49(67)46(64)51(41(35-58)71-53)74-55-50(68)47(65)52(42(36-59)72-55)73-54-48(66)45(63)44(62)40(34-57)70-54/h6,8,12,14,20,22-24,30,32,38-42,44-55,57-60,62-68H,3-5,7,9-11,13,15-19,21,25-29,31,33-37H2,1-2H3,(H,56,61)/b8-6-,14-12-,23-20-,24-22+,32-30+. The number of unbranched alkanes of at least 4 members (excludes halogenated alkanes) is 14. The molecule has 3 heterocycles. The molecule has 0 aromatic heterocycles. The number of carbonyl (C=O) groups excluding carboxylic acids is 1. The van der Waals surface area contributed by atoms with E-state index >= 15 is 0 Å². The van der Waals surface area contributed by atoms with E-state index in [-0.39, 0.29) is 18.9 Å². The van der Waals surface area contributed by atoms with Gasteiger partial charge in [-0.3, -0.25) is 4.79 Å². The summed E-state index contributed by atoms with van der Waals surface area (Å²) in [6.45, 7) is 1.52. The lowest BCUT2D eigenvalue weighted by Crippen LogP contribution is -2.66. The molecule has 1 amide bonds. The maximum absolute atomic E-state index is 13.2. The number of amides is 1. The third-order valence-electron chi connectivity index (χ3n) is 13.5. The zero-order valence-electron chi connectivity index (χ0n) is 44.0. The minimum atomic E-state index is -1.98. The fraction of sp³-hybridized carbons (Fsp3) is 0.800. The Morgan fingerprint density at radius 2 is 0.946 bits per heavy atom. The van der Waals surface area contributed by atoms with Crippen molar-refractivity contribution in [1.29, 1.82) is 0 Å². The zero-order valence-corrected chi connectivity index (χ0v) is 44.0. The van der Waals surface area contributed by atoms with E-state index < -0.39 is 124 Å². The first-order chi connectivity index (χ1) is 35.8. The lowest BCUT2D eigenvalue weighted by molar-refractivity contribution is -0.379. The second kappa shape index (κ2) is 38.9. The van der Waals surface area contributed by atoms with Crippen molar-refractivity contribution in [3.8, 4) is 0 Å². The lowest BCUT2D eigenvalue weighted by atomic mass is 9.96. The predicted octanol–water partition coefficient (Wildman–Crippen LogP) is 3.31. The molecule has 12 N–H and O–H groups in total. The Hall–Kier alpha value is -2.51. The summed E-state index contributed by atoms with van der Waals surface area (Å²) >= 11 is 0. The summed E-state index contributed by atoms with van der Waals surface area (Å²) < 4.78 is 34.1. The van der Waals surface area contributed by atoms with E-state index in [1.165, 1.54) is 57.8 Å². The minimum absolute atomic E-state index is 0.197. The fourth-order valence-electron chi connectivity index (χ4n) is 8.98. The number of aliphatic hydroxyl groups excluding tert-OH is 11. The molecule has 17 unspecified atom stereocenters. The molecule has 3 aliphatic heterocycles. The second-order valence-electron chi connectivity index (χ2n) is 19.7. The van der Waals surface area contributed by atoms with Gasteiger partial charge in [0.1, 0.15) is 73.2 Å². The van der Waals surface area contributed by atoms with Crippen molar-refractivity contribution in [2.24, 2.45) is 0 Å². The summed E-state index contributed by atoms with van der Waals surface area (Å²) in [5.74, 6) is -0.319. The number of rotatable bonds is 38. The molecule has 17 atom stereocenters. The Morgan fingerprint density at radius 3 is 1.51 bits per heavy atom. The van der Waals surface area contributed by atoms with E-state index in [4.69, 9.17) is 28.4 Å². The van der Waals surface area contributed by atoms with Gasteiger partial charge < -0.3 is 89.9 Å². The number of hydrogen-bond donors (Lipinski definition) is 12. The third kappa shape index (κ3) is 23.6. The monoisotopic (exact) mass is 1060 g/mol. The molecule has 0 spiro atoms. The molecular weight excluding hydrogens is 963 g/mol. The van der Waals surface area contributed by atoms with E-state index in [1.54, 1.807) is 6.08 Å². The highest BCUT2D eigenvalue weighted by molar-refractivity contribution is 5.76. The minimum Gasteiger partial charge on any atom is -0.394 e. The molecule has 19 nitrogen and oxygen atoms in total. The van der Waals surface area contributed by atoms with Crippen molar-refractivity contribution in [2.45, 2.75) is 253 Å². The van der Waals surface area contributed by atoms with E-state index in [0.29, 0.717) is 12.8 Å². The van der Waals surface area contributed by atoms with Crippen LogP contribution in [-0.2, 0) is 33.2 Å². The van der Waals surface area contributed by atoms with Gasteiger partial charge in [-0.2, -0.15) is 0 Å². The van der Waals surface area contributed by atoms with Crippen LogP contribution in [0.5, 0.6) is 0 Å². The van der Waals surface area contributed by atoms with Crippen LogP contribution in [0.15, 0.2) is 60.8 Å². The Kier molecular flexibility index (Phi) is 34.6. The van der Waals surface area contributed by atoms with Gasteiger partial charge >= 0.3 is 0 Å². The maximum atomic E-state index is 13.2. The summed E-state index contributed by atoms with van der Waals surface area (Å²) in [4.78, 5) is 13.2. The smallest absolute Gasteiger partial charge is 0.220 e. The second-order valence-corrected chi connectivity index (χ2v) is 19.7. The van der Waals surface area contributed by atoms with E-state index in [1.807, 2.05) is 6.08 Å². The highest BCUT2D eigenvalue weighted by atomic mass is 16.8. The molecule has 74 heavy (non-hydrogen) atoms. The van der Waals surface area contributed by atoms with Crippen molar-refractivity contribution in [3.05, 3.63) is 60.8 Å². The van der Waals surface area contributed by atoms with E-state index in [9.17, 15) is 61.0 Å². The topological polar surface area (TPSA) is 307 Å². The number of aliphatic hydroxyl groups is 11. The maximum Gasteiger partial charge on any atom is 0.220 e. The van der Waals surface area contributed by atoms with Crippen LogP contribution in [0.2, 0.25) is 0 Å². The summed E-state index contributed by atoms with van der Waals surface area (Å²) in [5.41, 5.74) is 0. The van der Waals surface area contributed by atoms with Crippen LogP contribution in [0.3, 0.4) is 0 Å². The van der Waals surface area contributed by atoms with Gasteiger partial charge in [0.25, 0.3) is 0 Å². The Labute approximate surface area is 439 Å². The molecule has 0 saturated carbocycles. The number of hydrogen-bond acceptors (Lipinski definition) is 18. The van der Waals surface area contributed by atoms with Crippen LogP contribution in [0.25, 0.3) is 0 Å². The fourth-order valence-corrected chi connectivity index (χ4v) is 8.98. The molecule has 3 fully saturated rings. The van der Waals surface area contributed by atoms with Crippen molar-refractivity contribution in [1.82, 2.24) is 5.32 Å². The molecule has 3 saturated heterocycles. The average Bonchev–Trinajstić information content (AvgIpc) is 3.40. The van der Waals surface area contributed by atoms with Crippen LogP contribution >= 0.6 is 0 Å². The van der Waals surface area contributed by atoms with Crippen molar-refractivity contribution in [3.63, 3.8) is 0 Å². The first kappa shape index (κ1) is 65.8. The average molecular weight is 1060 g/mol. The molecule has 0 bridgehead atoms. The first-order valence-electron chi connectivity index (χ1n) is 27.5. The number of carbonyl (C=O) groups is 1. The van der Waals surface area contributed by atoms with Crippen molar-refractivity contribution >= 4 is 5.91 Å².